The summed E-state index contributed by atoms with van der Waals surface area (Å²) in [4.78, 5) is 4.69. The van der Waals surface area contributed by atoms with Gasteiger partial charge in [-0.1, -0.05) is 37.3 Å². The van der Waals surface area contributed by atoms with E-state index >= 15 is 0 Å². The zero-order chi connectivity index (χ0) is 19.6. The third-order valence-electron chi connectivity index (χ3n) is 4.39. The van der Waals surface area contributed by atoms with E-state index in [2.05, 4.69) is 47.6 Å². The maximum atomic E-state index is 10.3. The minimum absolute atomic E-state index is 0.383. The number of hydrogen-bond acceptors (Lipinski definition) is 3. The zero-order valence-corrected chi connectivity index (χ0v) is 16.9. The van der Waals surface area contributed by atoms with E-state index in [0.29, 0.717) is 18.9 Å². The molecule has 1 heterocycles. The number of aliphatic imine (C=N–C) groups is 1. The van der Waals surface area contributed by atoms with Crippen LogP contribution in [-0.4, -0.2) is 40.5 Å². The summed E-state index contributed by atoms with van der Waals surface area (Å²) in [7, 11) is 0. The van der Waals surface area contributed by atoms with Gasteiger partial charge in [-0.15, -0.1) is 0 Å². The highest BCUT2D eigenvalue weighted by Crippen LogP contribution is 2.14. The van der Waals surface area contributed by atoms with Crippen molar-refractivity contribution in [2.75, 3.05) is 19.6 Å². The normalized spacial score (nSPS) is 14.0. The largest absolute Gasteiger partial charge is 0.388 e. The second kappa shape index (κ2) is 10.7. The molecule has 2 atom stereocenters. The third-order valence-corrected chi connectivity index (χ3v) is 4.39. The number of guanidine groups is 1. The van der Waals surface area contributed by atoms with Crippen LogP contribution in [0.15, 0.2) is 41.4 Å². The first-order chi connectivity index (χ1) is 13.0. The van der Waals surface area contributed by atoms with Crippen molar-refractivity contribution in [1.29, 1.82) is 0 Å². The molecule has 0 aliphatic carbocycles. The SMILES string of the molecule is CCNC(=NCC(C)Cn1nc(C)cc1C)NCCC(O)c1ccccc1. The lowest BCUT2D eigenvalue weighted by atomic mass is 10.1. The first-order valence-electron chi connectivity index (χ1n) is 9.75. The first-order valence-corrected chi connectivity index (χ1v) is 9.75. The molecule has 6 heteroatoms. The molecule has 0 spiro atoms. The van der Waals surface area contributed by atoms with Crippen LogP contribution in [0.2, 0.25) is 0 Å². The van der Waals surface area contributed by atoms with Crippen molar-refractivity contribution in [3.05, 3.63) is 53.3 Å². The van der Waals surface area contributed by atoms with Gasteiger partial charge in [-0.05, 0) is 44.7 Å². The highest BCUT2D eigenvalue weighted by atomic mass is 16.3. The lowest BCUT2D eigenvalue weighted by Crippen LogP contribution is -2.38. The van der Waals surface area contributed by atoms with Crippen molar-refractivity contribution in [1.82, 2.24) is 20.4 Å². The summed E-state index contributed by atoms with van der Waals surface area (Å²) >= 11 is 0. The van der Waals surface area contributed by atoms with Gasteiger partial charge in [0.2, 0.25) is 0 Å². The molecule has 0 bridgehead atoms. The van der Waals surface area contributed by atoms with E-state index in [9.17, 15) is 5.11 Å². The molecule has 0 fully saturated rings. The number of rotatable bonds is 9. The van der Waals surface area contributed by atoms with Crippen LogP contribution in [0.4, 0.5) is 0 Å². The van der Waals surface area contributed by atoms with Crippen molar-refractivity contribution in [2.45, 2.75) is 46.8 Å². The molecule has 6 nitrogen and oxygen atoms in total. The van der Waals surface area contributed by atoms with Crippen LogP contribution in [0.5, 0.6) is 0 Å². The summed E-state index contributed by atoms with van der Waals surface area (Å²) in [6.07, 6.45) is 0.168. The number of aryl methyl sites for hydroxylation is 2. The Bertz CT molecular complexity index is 711. The number of benzene rings is 1. The number of aliphatic hydroxyl groups is 1. The van der Waals surface area contributed by atoms with Crippen molar-refractivity contribution in [2.24, 2.45) is 10.9 Å². The smallest absolute Gasteiger partial charge is 0.191 e. The van der Waals surface area contributed by atoms with Gasteiger partial charge < -0.3 is 15.7 Å². The maximum absolute atomic E-state index is 10.3. The molecule has 0 aliphatic heterocycles. The number of aliphatic hydroxyl groups excluding tert-OH is 1. The fourth-order valence-corrected chi connectivity index (χ4v) is 2.97. The lowest BCUT2D eigenvalue weighted by Gasteiger charge is -2.16. The molecular formula is C21H33N5O. The van der Waals surface area contributed by atoms with Crippen LogP contribution >= 0.6 is 0 Å². The molecule has 148 valence electrons. The molecule has 0 amide bonds. The van der Waals surface area contributed by atoms with E-state index in [1.165, 1.54) is 5.69 Å². The zero-order valence-electron chi connectivity index (χ0n) is 16.9. The highest BCUT2D eigenvalue weighted by molar-refractivity contribution is 5.79. The number of nitrogens with zero attached hydrogens (tertiary/aromatic N) is 3. The molecule has 1 aromatic heterocycles. The lowest BCUT2D eigenvalue weighted by molar-refractivity contribution is 0.168. The van der Waals surface area contributed by atoms with E-state index in [1.54, 1.807) is 0 Å². The molecule has 3 N–H and O–H groups in total. The summed E-state index contributed by atoms with van der Waals surface area (Å²) in [5.74, 6) is 1.17. The van der Waals surface area contributed by atoms with Crippen LogP contribution < -0.4 is 10.6 Å². The molecule has 2 aromatic rings. The van der Waals surface area contributed by atoms with Gasteiger partial charge in [-0.3, -0.25) is 9.67 Å². The average Bonchev–Trinajstić information content (AvgIpc) is 2.97. The Hall–Kier alpha value is -2.34. The molecule has 1 aromatic carbocycles. The number of nitrogens with one attached hydrogen (secondary N) is 2. The Morgan fingerprint density at radius 3 is 2.59 bits per heavy atom. The molecule has 0 aliphatic rings. The minimum Gasteiger partial charge on any atom is -0.388 e. The predicted octanol–water partition coefficient (Wildman–Crippen LogP) is 2.81. The van der Waals surface area contributed by atoms with Crippen LogP contribution in [0.25, 0.3) is 0 Å². The van der Waals surface area contributed by atoms with Gasteiger partial charge in [0.25, 0.3) is 0 Å². The molecule has 27 heavy (non-hydrogen) atoms. The van der Waals surface area contributed by atoms with E-state index in [1.807, 2.05) is 41.9 Å². The molecule has 0 saturated heterocycles. The van der Waals surface area contributed by atoms with E-state index in [-0.39, 0.29) is 0 Å². The standard InChI is InChI=1S/C21H33N5O/c1-5-22-21(23-12-11-20(27)19-9-7-6-8-10-19)24-14-16(2)15-26-18(4)13-17(3)25-26/h6-10,13,16,20,27H,5,11-12,14-15H2,1-4H3,(H2,22,23,24). The Balaban J connectivity index is 1.81. The average molecular weight is 372 g/mol. The Morgan fingerprint density at radius 2 is 1.96 bits per heavy atom. The van der Waals surface area contributed by atoms with Crippen molar-refractivity contribution in [3.8, 4) is 0 Å². The van der Waals surface area contributed by atoms with Gasteiger partial charge in [0.15, 0.2) is 5.96 Å². The summed E-state index contributed by atoms with van der Waals surface area (Å²) < 4.78 is 2.05. The molecule has 0 saturated carbocycles. The summed E-state index contributed by atoms with van der Waals surface area (Å²) in [5, 5.41) is 21.4. The van der Waals surface area contributed by atoms with Crippen LogP contribution in [0.1, 0.15) is 43.3 Å². The van der Waals surface area contributed by atoms with Crippen molar-refractivity contribution < 1.29 is 5.11 Å². The molecule has 0 radical (unpaired) electrons. The second-order valence-corrected chi connectivity index (χ2v) is 7.08. The monoisotopic (exact) mass is 371 g/mol. The Labute approximate surface area is 162 Å². The second-order valence-electron chi connectivity index (χ2n) is 7.08. The number of hydrogen-bond donors (Lipinski definition) is 3. The number of aromatic nitrogens is 2. The van der Waals surface area contributed by atoms with E-state index in [4.69, 9.17) is 0 Å². The Kier molecular flexibility index (Phi) is 8.33. The first kappa shape index (κ1) is 21.0. The van der Waals surface area contributed by atoms with Crippen LogP contribution in [0.3, 0.4) is 0 Å². The Morgan fingerprint density at radius 1 is 1.22 bits per heavy atom. The van der Waals surface area contributed by atoms with Crippen molar-refractivity contribution >= 4 is 5.96 Å². The molecule has 2 unspecified atom stereocenters. The van der Waals surface area contributed by atoms with E-state index in [0.717, 1.165) is 36.9 Å². The van der Waals surface area contributed by atoms with Gasteiger partial charge in [-0.25, -0.2) is 0 Å². The quantitative estimate of drug-likeness (QED) is 0.468. The molecular weight excluding hydrogens is 338 g/mol. The van der Waals surface area contributed by atoms with Crippen LogP contribution in [0, 0.1) is 19.8 Å². The fraction of sp³-hybridized carbons (Fsp3) is 0.524. The fourth-order valence-electron chi connectivity index (χ4n) is 2.97. The summed E-state index contributed by atoms with van der Waals surface area (Å²) in [5.41, 5.74) is 3.18. The van der Waals surface area contributed by atoms with E-state index < -0.39 is 6.10 Å². The van der Waals surface area contributed by atoms with Gasteiger partial charge >= 0.3 is 0 Å². The predicted molar refractivity (Wildman–Crippen MR) is 111 cm³/mol. The molecule has 2 rings (SSSR count). The summed E-state index contributed by atoms with van der Waals surface area (Å²) in [6, 6.07) is 11.8. The maximum Gasteiger partial charge on any atom is 0.191 e. The van der Waals surface area contributed by atoms with Gasteiger partial charge in [-0.2, -0.15) is 5.10 Å². The minimum atomic E-state index is -0.466. The topological polar surface area (TPSA) is 74.5 Å². The van der Waals surface area contributed by atoms with Crippen molar-refractivity contribution in [3.63, 3.8) is 0 Å². The third kappa shape index (κ3) is 7.06. The van der Waals surface area contributed by atoms with Gasteiger partial charge in [0.05, 0.1) is 11.8 Å². The van der Waals surface area contributed by atoms with Crippen LogP contribution in [-0.2, 0) is 6.54 Å². The van der Waals surface area contributed by atoms with Gasteiger partial charge in [0.1, 0.15) is 0 Å². The highest BCUT2D eigenvalue weighted by Gasteiger charge is 2.09. The summed E-state index contributed by atoms with van der Waals surface area (Å²) in [6.45, 7) is 11.4. The van der Waals surface area contributed by atoms with Gasteiger partial charge in [0, 0.05) is 31.9 Å².